The van der Waals surface area contributed by atoms with E-state index < -0.39 is 27.5 Å². The first kappa shape index (κ1) is 24.0. The van der Waals surface area contributed by atoms with Gasteiger partial charge < -0.3 is 9.71 Å². The fourth-order valence-corrected chi connectivity index (χ4v) is 4.45. The number of rotatable bonds is 8. The number of nitrogens with one attached hydrogen (secondary N) is 3. The first-order chi connectivity index (χ1) is 16.2. The predicted octanol–water partition coefficient (Wildman–Crippen LogP) is 5.32. The molecular weight excluding hydrogens is 485 g/mol. The fraction of sp³-hybridized carbons (Fsp3) is 0.174. The fourth-order valence-electron chi connectivity index (χ4n) is 3.49. The van der Waals surface area contributed by atoms with E-state index in [0.717, 1.165) is 39.2 Å². The van der Waals surface area contributed by atoms with Crippen LogP contribution in [0, 0.1) is 0 Å². The lowest BCUT2D eigenvalue weighted by Crippen LogP contribution is -2.22. The van der Waals surface area contributed by atoms with Crippen molar-refractivity contribution in [1.29, 1.82) is 0 Å². The average Bonchev–Trinajstić information content (AvgIpc) is 3.20. The Morgan fingerprint density at radius 3 is 2.38 bits per heavy atom. The van der Waals surface area contributed by atoms with Gasteiger partial charge in [-0.3, -0.25) is 4.72 Å². The van der Waals surface area contributed by atoms with Crippen molar-refractivity contribution in [1.82, 2.24) is 9.97 Å². The minimum Gasteiger partial charge on any atom is -0.342 e. The van der Waals surface area contributed by atoms with Gasteiger partial charge in [-0.1, -0.05) is 36.4 Å². The van der Waals surface area contributed by atoms with Crippen LogP contribution in [0.15, 0.2) is 66.7 Å². The Morgan fingerprint density at radius 1 is 0.941 bits per heavy atom. The Morgan fingerprint density at radius 2 is 1.68 bits per heavy atom. The third kappa shape index (κ3) is 5.84. The molecule has 4 rings (SSSR count). The number of aromatic nitrogens is 2. The van der Waals surface area contributed by atoms with E-state index >= 15 is 0 Å². The first-order valence-electron chi connectivity index (χ1n) is 10.2. The van der Waals surface area contributed by atoms with Gasteiger partial charge in [0.2, 0.25) is 11.0 Å². The molecule has 0 amide bonds. The number of para-hydroxylation sites is 1. The Labute approximate surface area is 199 Å². The molecule has 178 valence electrons. The highest BCUT2D eigenvalue weighted by Crippen LogP contribution is 2.30. The summed E-state index contributed by atoms with van der Waals surface area (Å²) < 4.78 is 64.9. The van der Waals surface area contributed by atoms with Gasteiger partial charge in [-0.15, -0.1) is 0 Å². The number of benzene rings is 3. The highest BCUT2D eigenvalue weighted by atomic mass is 32.2. The van der Waals surface area contributed by atoms with Crippen LogP contribution in [0.25, 0.3) is 22.2 Å². The maximum Gasteiger partial charge on any atom is 0.490 e. The highest BCUT2D eigenvalue weighted by Gasteiger charge is 2.37. The number of hydrogen-bond acceptors (Lipinski definition) is 3. The molecule has 0 radical (unpaired) electrons. The third-order valence-electron chi connectivity index (χ3n) is 5.05. The van der Waals surface area contributed by atoms with Gasteiger partial charge >= 0.3 is 5.51 Å². The molecule has 1 aromatic heterocycles. The van der Waals surface area contributed by atoms with E-state index in [4.69, 9.17) is 0 Å². The van der Waals surface area contributed by atoms with Gasteiger partial charge in [0.1, 0.15) is 16.8 Å². The zero-order valence-electron chi connectivity index (χ0n) is 18.0. The van der Waals surface area contributed by atoms with Crippen LogP contribution in [0.5, 0.6) is 0 Å². The lowest BCUT2D eigenvalue weighted by Gasteiger charge is -2.10. The van der Waals surface area contributed by atoms with Crippen LogP contribution < -0.4 is 9.44 Å². The van der Waals surface area contributed by atoms with Crippen molar-refractivity contribution in [2.24, 2.45) is 0 Å². The summed E-state index contributed by atoms with van der Waals surface area (Å²) in [7, 11) is -4.33. The second kappa shape index (κ2) is 9.98. The van der Waals surface area contributed by atoms with E-state index in [-0.39, 0.29) is 5.69 Å². The molecule has 0 spiro atoms. The van der Waals surface area contributed by atoms with Gasteiger partial charge in [0.25, 0.3) is 0 Å². The standard InChI is InChI=1S/C23H21F3N4O2S2/c1-33(31)30-19-5-3-2-4-18(19)16-9-12-20-21(14-16)28-22(27-20)13-8-15-6-10-17(11-7-15)29-34(32)23(24,25)26/h2-7,9-12,14,29-30H,8,13H2,1H3,(H,27,28). The van der Waals surface area contributed by atoms with Crippen LogP contribution in [0.1, 0.15) is 11.4 Å². The van der Waals surface area contributed by atoms with Crippen LogP contribution in [0.4, 0.5) is 24.5 Å². The molecule has 0 bridgehead atoms. The second-order valence-electron chi connectivity index (χ2n) is 7.53. The Kier molecular flexibility index (Phi) is 7.03. The number of aromatic amines is 1. The lowest BCUT2D eigenvalue weighted by atomic mass is 10.0. The zero-order chi connectivity index (χ0) is 24.3. The topological polar surface area (TPSA) is 86.9 Å². The Balaban J connectivity index is 1.45. The second-order valence-corrected chi connectivity index (χ2v) is 9.85. The molecule has 2 unspecified atom stereocenters. The monoisotopic (exact) mass is 506 g/mol. The van der Waals surface area contributed by atoms with Gasteiger partial charge in [-0.25, -0.2) is 13.4 Å². The molecule has 4 aromatic rings. The molecule has 0 aliphatic rings. The normalized spacial score (nSPS) is 13.5. The molecule has 3 N–H and O–H groups in total. The summed E-state index contributed by atoms with van der Waals surface area (Å²) in [6.07, 6.45) is 2.82. The smallest absolute Gasteiger partial charge is 0.342 e. The van der Waals surface area contributed by atoms with E-state index in [1.54, 1.807) is 18.4 Å². The van der Waals surface area contributed by atoms with Gasteiger partial charge in [-0.2, -0.15) is 13.2 Å². The average molecular weight is 507 g/mol. The SMILES string of the molecule is CS(=O)Nc1ccccc1-c1ccc2nc(CCc3ccc(NS(=O)C(F)(F)F)cc3)[nH]c2c1. The van der Waals surface area contributed by atoms with Crippen LogP contribution in [-0.4, -0.2) is 30.1 Å². The molecular formula is C23H21F3N4O2S2. The lowest BCUT2D eigenvalue weighted by molar-refractivity contribution is -0.0379. The Bertz CT molecular complexity index is 1350. The molecule has 0 aliphatic heterocycles. The van der Waals surface area contributed by atoms with Crippen LogP contribution in [0.2, 0.25) is 0 Å². The molecule has 2 atom stereocenters. The summed E-state index contributed by atoms with van der Waals surface area (Å²) in [6, 6.07) is 19.8. The number of fused-ring (bicyclic) bond motifs is 1. The van der Waals surface area contributed by atoms with Crippen molar-refractivity contribution in [2.75, 3.05) is 15.7 Å². The van der Waals surface area contributed by atoms with Crippen molar-refractivity contribution in [3.05, 3.63) is 78.1 Å². The third-order valence-corrected chi connectivity index (χ3v) is 6.40. The number of nitrogens with zero attached hydrogens (tertiary/aromatic N) is 1. The quantitative estimate of drug-likeness (QED) is 0.303. The summed E-state index contributed by atoms with van der Waals surface area (Å²) in [4.78, 5) is 7.94. The number of H-pyrrole nitrogens is 1. The number of alkyl halides is 3. The summed E-state index contributed by atoms with van der Waals surface area (Å²) in [6.45, 7) is 0. The summed E-state index contributed by atoms with van der Waals surface area (Å²) in [5.74, 6) is 0.786. The molecule has 3 aromatic carbocycles. The van der Waals surface area contributed by atoms with E-state index in [1.165, 1.54) is 12.1 Å². The first-order valence-corrected chi connectivity index (χ1v) is 12.9. The number of hydrogen-bond donors (Lipinski definition) is 3. The summed E-state index contributed by atoms with van der Waals surface area (Å²) in [5, 5.41) is 0. The molecule has 11 heteroatoms. The Hall–Kier alpha value is -3.18. The summed E-state index contributed by atoms with van der Waals surface area (Å²) >= 11 is 0. The van der Waals surface area contributed by atoms with Crippen LogP contribution in [-0.2, 0) is 34.8 Å². The molecule has 0 saturated heterocycles. The molecule has 1 heterocycles. The van der Waals surface area contributed by atoms with E-state index in [9.17, 15) is 21.6 Å². The van der Waals surface area contributed by atoms with E-state index in [2.05, 4.69) is 14.7 Å². The molecule has 6 nitrogen and oxygen atoms in total. The number of aryl methyl sites for hydroxylation is 2. The maximum absolute atomic E-state index is 12.4. The van der Waals surface area contributed by atoms with Crippen molar-refractivity contribution in [3.8, 4) is 11.1 Å². The van der Waals surface area contributed by atoms with Crippen molar-refractivity contribution in [3.63, 3.8) is 0 Å². The largest absolute Gasteiger partial charge is 0.490 e. The van der Waals surface area contributed by atoms with E-state index in [1.807, 2.05) is 47.2 Å². The van der Waals surface area contributed by atoms with Gasteiger partial charge in [0.05, 0.1) is 16.7 Å². The van der Waals surface area contributed by atoms with Crippen LogP contribution >= 0.6 is 0 Å². The molecule has 0 aliphatic carbocycles. The van der Waals surface area contributed by atoms with Crippen molar-refractivity contribution < 1.29 is 21.6 Å². The number of imidazole rings is 1. The number of halogens is 3. The van der Waals surface area contributed by atoms with Gasteiger partial charge in [0, 0.05) is 23.9 Å². The zero-order valence-corrected chi connectivity index (χ0v) is 19.6. The van der Waals surface area contributed by atoms with Gasteiger partial charge in [0.15, 0.2) is 0 Å². The molecule has 0 fully saturated rings. The minimum atomic E-state index is -4.81. The van der Waals surface area contributed by atoms with Crippen LogP contribution in [0.3, 0.4) is 0 Å². The van der Waals surface area contributed by atoms with Crippen molar-refractivity contribution in [2.45, 2.75) is 18.3 Å². The molecule has 0 saturated carbocycles. The molecule has 34 heavy (non-hydrogen) atoms. The van der Waals surface area contributed by atoms with E-state index in [0.29, 0.717) is 12.8 Å². The highest BCUT2D eigenvalue weighted by molar-refractivity contribution is 7.87. The predicted molar refractivity (Wildman–Crippen MR) is 131 cm³/mol. The maximum atomic E-state index is 12.4. The number of anilines is 2. The minimum absolute atomic E-state index is 0.136. The summed E-state index contributed by atoms with van der Waals surface area (Å²) in [5.41, 5.74) is 0.583. The van der Waals surface area contributed by atoms with Gasteiger partial charge in [-0.05, 0) is 47.9 Å². The van der Waals surface area contributed by atoms with Crippen molar-refractivity contribution >= 4 is 44.4 Å².